The average Bonchev–Trinajstić information content (AvgIpc) is 3.23. The molecule has 1 aliphatic carbocycles. The van der Waals surface area contributed by atoms with Crippen LogP contribution in [0, 0.1) is 12.8 Å². The van der Waals surface area contributed by atoms with Crippen LogP contribution >= 0.6 is 23.4 Å². The first-order chi connectivity index (χ1) is 15.1. The number of rotatable bonds is 7. The van der Waals surface area contributed by atoms with Gasteiger partial charge in [-0.3, -0.25) is 14.3 Å². The van der Waals surface area contributed by atoms with Gasteiger partial charge in [0.15, 0.2) is 11.0 Å². The molecule has 1 saturated carbocycles. The zero-order chi connectivity index (χ0) is 21.6. The first kappa shape index (κ1) is 21.8. The van der Waals surface area contributed by atoms with E-state index in [4.69, 9.17) is 11.6 Å². The monoisotopic (exact) mass is 455 g/mol. The summed E-state index contributed by atoms with van der Waals surface area (Å²) >= 11 is 7.77. The number of hydrogen-bond acceptors (Lipinski definition) is 5. The lowest BCUT2D eigenvalue weighted by Crippen LogP contribution is -2.31. The summed E-state index contributed by atoms with van der Waals surface area (Å²) in [5.41, 5.74) is 2.73. The van der Waals surface area contributed by atoms with Crippen LogP contribution in [0.4, 0.5) is 0 Å². The maximum Gasteiger partial charge on any atom is 0.230 e. The number of nitrogens with one attached hydrogen (secondary N) is 1. The van der Waals surface area contributed by atoms with E-state index in [9.17, 15) is 4.79 Å². The molecule has 0 bridgehead atoms. The van der Waals surface area contributed by atoms with Crippen molar-refractivity contribution in [3.63, 3.8) is 0 Å². The molecule has 1 amide bonds. The third kappa shape index (κ3) is 5.28. The van der Waals surface area contributed by atoms with E-state index in [0.29, 0.717) is 27.7 Å². The van der Waals surface area contributed by atoms with Gasteiger partial charge in [-0.1, -0.05) is 48.7 Å². The van der Waals surface area contributed by atoms with Gasteiger partial charge in [0.05, 0.1) is 11.4 Å². The molecule has 0 radical (unpaired) electrons. The number of carbonyl (C=O) groups excluding carboxylic acids is 1. The molecule has 0 aliphatic heterocycles. The quantitative estimate of drug-likeness (QED) is 0.503. The molecule has 31 heavy (non-hydrogen) atoms. The van der Waals surface area contributed by atoms with Gasteiger partial charge in [0.2, 0.25) is 5.91 Å². The molecule has 4 rings (SSSR count). The van der Waals surface area contributed by atoms with Gasteiger partial charge in [0.25, 0.3) is 0 Å². The van der Waals surface area contributed by atoms with Gasteiger partial charge >= 0.3 is 0 Å². The average molecular weight is 456 g/mol. The smallest absolute Gasteiger partial charge is 0.230 e. The Morgan fingerprint density at radius 3 is 2.71 bits per heavy atom. The number of thioether (sulfide) groups is 1. The second-order valence-corrected chi connectivity index (χ2v) is 9.21. The highest BCUT2D eigenvalue weighted by atomic mass is 35.5. The standard InChI is InChI=1S/C23H26ClN5OS/c1-16-19(24)8-5-9-20(16)29-22(18-10-12-25-13-11-18)27-28-23(29)31-15-21(30)26-14-17-6-3-2-4-7-17/h5,8-13,17H,2-4,6-7,14-15H2,1H3,(H,26,30). The molecule has 0 spiro atoms. The van der Waals surface area contributed by atoms with Crippen molar-refractivity contribution in [1.82, 2.24) is 25.1 Å². The third-order valence-corrected chi connectivity index (χ3v) is 7.04. The van der Waals surface area contributed by atoms with Crippen LogP contribution in [0.2, 0.25) is 5.02 Å². The molecule has 162 valence electrons. The topological polar surface area (TPSA) is 72.7 Å². The van der Waals surface area contributed by atoms with E-state index in [0.717, 1.165) is 23.4 Å². The second-order valence-electron chi connectivity index (χ2n) is 7.86. The van der Waals surface area contributed by atoms with Gasteiger partial charge < -0.3 is 5.32 Å². The third-order valence-electron chi connectivity index (χ3n) is 5.70. The molecule has 1 N–H and O–H groups in total. The lowest BCUT2D eigenvalue weighted by molar-refractivity contribution is -0.118. The maximum atomic E-state index is 12.5. The number of carbonyl (C=O) groups is 1. The first-order valence-corrected chi connectivity index (χ1v) is 12.0. The summed E-state index contributed by atoms with van der Waals surface area (Å²) < 4.78 is 1.97. The Hall–Kier alpha value is -2.38. The van der Waals surface area contributed by atoms with Crippen molar-refractivity contribution >= 4 is 29.3 Å². The number of benzene rings is 1. The molecule has 8 heteroatoms. The van der Waals surface area contributed by atoms with Crippen LogP contribution in [0.15, 0.2) is 47.9 Å². The highest BCUT2D eigenvalue weighted by molar-refractivity contribution is 7.99. The first-order valence-electron chi connectivity index (χ1n) is 10.6. The van der Waals surface area contributed by atoms with Crippen LogP contribution in [0.3, 0.4) is 0 Å². The summed E-state index contributed by atoms with van der Waals surface area (Å²) in [6, 6.07) is 9.55. The maximum absolute atomic E-state index is 12.5. The largest absolute Gasteiger partial charge is 0.355 e. The molecule has 1 aromatic carbocycles. The number of amides is 1. The number of halogens is 1. The SMILES string of the molecule is Cc1c(Cl)cccc1-n1c(SCC(=O)NCC2CCCCC2)nnc1-c1ccncc1. The zero-order valence-corrected chi connectivity index (χ0v) is 19.1. The molecule has 0 unspecified atom stereocenters. The van der Waals surface area contributed by atoms with Crippen LogP contribution in [0.25, 0.3) is 17.1 Å². The highest BCUT2D eigenvalue weighted by Crippen LogP contribution is 2.31. The van der Waals surface area contributed by atoms with Gasteiger partial charge in [-0.05, 0) is 55.5 Å². The van der Waals surface area contributed by atoms with Crippen molar-refractivity contribution < 1.29 is 4.79 Å². The van der Waals surface area contributed by atoms with Crippen LogP contribution < -0.4 is 5.32 Å². The molecule has 6 nitrogen and oxygen atoms in total. The molecular formula is C23H26ClN5OS. The number of pyridine rings is 1. The van der Waals surface area contributed by atoms with Gasteiger partial charge in [-0.25, -0.2) is 0 Å². The van der Waals surface area contributed by atoms with Gasteiger partial charge in [0.1, 0.15) is 0 Å². The second kappa shape index (κ2) is 10.3. The summed E-state index contributed by atoms with van der Waals surface area (Å²) in [6.45, 7) is 2.74. The summed E-state index contributed by atoms with van der Waals surface area (Å²) in [7, 11) is 0. The van der Waals surface area contributed by atoms with E-state index >= 15 is 0 Å². The summed E-state index contributed by atoms with van der Waals surface area (Å²) in [5, 5.41) is 13.2. The van der Waals surface area contributed by atoms with Crippen molar-refractivity contribution in [3.05, 3.63) is 53.3 Å². The van der Waals surface area contributed by atoms with E-state index in [-0.39, 0.29) is 5.91 Å². The van der Waals surface area contributed by atoms with Crippen LogP contribution in [0.1, 0.15) is 37.7 Å². The molecule has 0 atom stereocenters. The predicted octanol–water partition coefficient (Wildman–Crippen LogP) is 5.08. The minimum Gasteiger partial charge on any atom is -0.355 e. The molecule has 2 heterocycles. The fourth-order valence-electron chi connectivity index (χ4n) is 3.94. The molecular weight excluding hydrogens is 430 g/mol. The lowest BCUT2D eigenvalue weighted by Gasteiger charge is -2.21. The lowest BCUT2D eigenvalue weighted by atomic mass is 9.89. The van der Waals surface area contributed by atoms with E-state index in [1.54, 1.807) is 12.4 Å². The summed E-state index contributed by atoms with van der Waals surface area (Å²) in [6.07, 6.45) is 9.74. The fourth-order valence-corrected chi connectivity index (χ4v) is 4.88. The van der Waals surface area contributed by atoms with Crippen LogP contribution in [0.5, 0.6) is 0 Å². The van der Waals surface area contributed by atoms with Crippen molar-refractivity contribution in [2.75, 3.05) is 12.3 Å². The molecule has 1 fully saturated rings. The van der Waals surface area contributed by atoms with Crippen molar-refractivity contribution in [2.45, 2.75) is 44.2 Å². The van der Waals surface area contributed by atoms with E-state index in [1.807, 2.05) is 41.8 Å². The van der Waals surface area contributed by atoms with Crippen LogP contribution in [-0.2, 0) is 4.79 Å². The summed E-state index contributed by atoms with van der Waals surface area (Å²) in [5.74, 6) is 1.62. The van der Waals surface area contributed by atoms with Gasteiger partial charge in [-0.2, -0.15) is 0 Å². The number of nitrogens with zero attached hydrogens (tertiary/aromatic N) is 4. The van der Waals surface area contributed by atoms with E-state index in [1.165, 1.54) is 43.9 Å². The fraction of sp³-hybridized carbons (Fsp3) is 0.391. The Morgan fingerprint density at radius 2 is 1.94 bits per heavy atom. The van der Waals surface area contributed by atoms with Crippen molar-refractivity contribution in [1.29, 1.82) is 0 Å². The highest BCUT2D eigenvalue weighted by Gasteiger charge is 2.20. The molecule has 3 aromatic rings. The summed E-state index contributed by atoms with van der Waals surface area (Å²) in [4.78, 5) is 16.6. The molecule has 2 aromatic heterocycles. The van der Waals surface area contributed by atoms with Crippen molar-refractivity contribution in [2.24, 2.45) is 5.92 Å². The Morgan fingerprint density at radius 1 is 1.16 bits per heavy atom. The van der Waals surface area contributed by atoms with E-state index in [2.05, 4.69) is 20.5 Å². The minimum absolute atomic E-state index is 0.0263. The minimum atomic E-state index is 0.0263. The predicted molar refractivity (Wildman–Crippen MR) is 125 cm³/mol. The van der Waals surface area contributed by atoms with E-state index < -0.39 is 0 Å². The Balaban J connectivity index is 1.54. The Labute approximate surface area is 191 Å². The Bertz CT molecular complexity index is 1030. The molecule has 0 saturated heterocycles. The zero-order valence-electron chi connectivity index (χ0n) is 17.6. The molecule has 1 aliphatic rings. The number of aromatic nitrogens is 4. The van der Waals surface area contributed by atoms with Crippen LogP contribution in [-0.4, -0.2) is 38.0 Å². The van der Waals surface area contributed by atoms with Gasteiger partial charge in [0, 0.05) is 29.5 Å². The van der Waals surface area contributed by atoms with Crippen molar-refractivity contribution in [3.8, 4) is 17.1 Å². The van der Waals surface area contributed by atoms with Gasteiger partial charge in [-0.15, -0.1) is 10.2 Å². The number of hydrogen-bond donors (Lipinski definition) is 1. The normalized spacial score (nSPS) is 14.5. The Kier molecular flexibility index (Phi) is 7.25.